The molecule has 0 saturated carbocycles. The molecule has 1 amide bonds. The summed E-state index contributed by atoms with van der Waals surface area (Å²) in [7, 11) is -4.13. The van der Waals surface area contributed by atoms with E-state index in [1.54, 1.807) is 12.1 Å². The standard InChI is InChI=1S/C18H18N2O5S/c1-12(2)13-6-8-15(9-7-13)19-11-17(21)20(26(19,24)25)16-5-3-4-14(10-16)18(22)23/h3-10,12H,11H2,1-2H3,(H,22,23). The summed E-state index contributed by atoms with van der Waals surface area (Å²) in [5.74, 6) is -1.53. The molecular weight excluding hydrogens is 356 g/mol. The first kappa shape index (κ1) is 17.9. The van der Waals surface area contributed by atoms with Crippen LogP contribution in [0, 0.1) is 0 Å². The van der Waals surface area contributed by atoms with Crippen LogP contribution in [-0.2, 0) is 15.0 Å². The number of benzene rings is 2. The zero-order chi connectivity index (χ0) is 19.1. The minimum atomic E-state index is -4.13. The highest BCUT2D eigenvalue weighted by atomic mass is 32.2. The molecule has 0 aliphatic carbocycles. The third-order valence-electron chi connectivity index (χ3n) is 4.19. The lowest BCUT2D eigenvalue weighted by atomic mass is 10.0. The number of carboxylic acids is 1. The average Bonchev–Trinajstić information content (AvgIpc) is 2.84. The smallest absolute Gasteiger partial charge is 0.335 e. The number of hydrogen-bond acceptors (Lipinski definition) is 4. The minimum Gasteiger partial charge on any atom is -0.478 e. The van der Waals surface area contributed by atoms with Gasteiger partial charge >= 0.3 is 16.2 Å². The first-order valence-electron chi connectivity index (χ1n) is 8.01. The zero-order valence-corrected chi connectivity index (χ0v) is 15.1. The Kier molecular flexibility index (Phi) is 4.45. The first-order chi connectivity index (χ1) is 12.2. The maximum atomic E-state index is 12.9. The summed E-state index contributed by atoms with van der Waals surface area (Å²) in [4.78, 5) is 23.5. The van der Waals surface area contributed by atoms with Crippen molar-refractivity contribution in [2.75, 3.05) is 15.2 Å². The number of rotatable bonds is 4. The van der Waals surface area contributed by atoms with Crippen molar-refractivity contribution < 1.29 is 23.1 Å². The van der Waals surface area contributed by atoms with Crippen molar-refractivity contribution in [2.45, 2.75) is 19.8 Å². The van der Waals surface area contributed by atoms with Crippen molar-refractivity contribution in [1.29, 1.82) is 0 Å². The van der Waals surface area contributed by atoms with E-state index < -0.39 is 22.1 Å². The number of carbonyl (C=O) groups is 2. The number of carbonyl (C=O) groups excluding carboxylic acids is 1. The van der Waals surface area contributed by atoms with Crippen molar-refractivity contribution in [3.63, 3.8) is 0 Å². The number of aromatic carboxylic acids is 1. The molecule has 2 aromatic rings. The van der Waals surface area contributed by atoms with Gasteiger partial charge in [-0.3, -0.25) is 4.79 Å². The normalized spacial score (nSPS) is 16.3. The Morgan fingerprint density at radius 2 is 1.73 bits per heavy atom. The van der Waals surface area contributed by atoms with E-state index in [1.165, 1.54) is 24.3 Å². The second kappa shape index (κ2) is 6.45. The molecule has 0 atom stereocenters. The Morgan fingerprint density at radius 3 is 2.31 bits per heavy atom. The molecule has 1 aliphatic rings. The summed E-state index contributed by atoms with van der Waals surface area (Å²) in [6.07, 6.45) is 0. The van der Waals surface area contributed by atoms with Crippen molar-refractivity contribution in [2.24, 2.45) is 0 Å². The monoisotopic (exact) mass is 374 g/mol. The lowest BCUT2D eigenvalue weighted by Gasteiger charge is -2.20. The minimum absolute atomic E-state index is 0.0104. The van der Waals surface area contributed by atoms with Gasteiger partial charge in [-0.25, -0.2) is 9.10 Å². The molecular formula is C18H18N2O5S. The van der Waals surface area contributed by atoms with Crippen LogP contribution < -0.4 is 8.61 Å². The molecule has 1 saturated heterocycles. The van der Waals surface area contributed by atoms with Crippen LogP contribution in [0.2, 0.25) is 0 Å². The van der Waals surface area contributed by atoms with E-state index in [9.17, 15) is 18.0 Å². The van der Waals surface area contributed by atoms with Crippen LogP contribution in [0.3, 0.4) is 0 Å². The van der Waals surface area contributed by atoms with Gasteiger partial charge in [0.1, 0.15) is 6.54 Å². The van der Waals surface area contributed by atoms with Crippen LogP contribution in [0.15, 0.2) is 48.5 Å². The molecule has 0 aromatic heterocycles. The first-order valence-corrected chi connectivity index (χ1v) is 9.40. The second-order valence-corrected chi connectivity index (χ2v) is 7.98. The van der Waals surface area contributed by atoms with Gasteiger partial charge in [0, 0.05) is 0 Å². The summed E-state index contributed by atoms with van der Waals surface area (Å²) in [6.45, 7) is 3.73. The van der Waals surface area contributed by atoms with E-state index >= 15 is 0 Å². The van der Waals surface area contributed by atoms with Gasteiger partial charge in [-0.2, -0.15) is 12.7 Å². The molecule has 7 nitrogen and oxygen atoms in total. The maximum absolute atomic E-state index is 12.9. The van der Waals surface area contributed by atoms with Gasteiger partial charge in [-0.05, 0) is 41.8 Å². The van der Waals surface area contributed by atoms with Gasteiger partial charge in [0.2, 0.25) is 0 Å². The molecule has 0 spiro atoms. The van der Waals surface area contributed by atoms with Gasteiger partial charge in [-0.15, -0.1) is 0 Å². The topological polar surface area (TPSA) is 95.0 Å². The molecule has 1 aliphatic heterocycles. The Bertz CT molecular complexity index is 967. The molecule has 136 valence electrons. The summed E-state index contributed by atoms with van der Waals surface area (Å²) in [6, 6.07) is 12.3. The predicted octanol–water partition coefficient (Wildman–Crippen LogP) is 2.61. The molecule has 1 fully saturated rings. The van der Waals surface area contributed by atoms with Crippen molar-refractivity contribution in [3.05, 3.63) is 59.7 Å². The molecule has 2 aromatic carbocycles. The van der Waals surface area contributed by atoms with E-state index in [4.69, 9.17) is 5.11 Å². The second-order valence-electron chi connectivity index (χ2n) is 6.27. The molecule has 0 radical (unpaired) electrons. The van der Waals surface area contributed by atoms with Crippen molar-refractivity contribution in [3.8, 4) is 0 Å². The molecule has 3 rings (SSSR count). The van der Waals surface area contributed by atoms with Crippen LogP contribution in [0.4, 0.5) is 11.4 Å². The Balaban J connectivity index is 1.99. The highest BCUT2D eigenvalue weighted by Gasteiger charge is 2.43. The van der Waals surface area contributed by atoms with Gasteiger partial charge in [0.05, 0.1) is 16.9 Å². The predicted molar refractivity (Wildman–Crippen MR) is 97.7 cm³/mol. The van der Waals surface area contributed by atoms with Crippen LogP contribution in [0.5, 0.6) is 0 Å². The van der Waals surface area contributed by atoms with Crippen molar-refractivity contribution in [1.82, 2.24) is 0 Å². The lowest BCUT2D eigenvalue weighted by Crippen LogP contribution is -2.34. The molecule has 0 bridgehead atoms. The van der Waals surface area contributed by atoms with E-state index in [2.05, 4.69) is 0 Å². The van der Waals surface area contributed by atoms with Crippen LogP contribution in [-0.4, -0.2) is 31.9 Å². The van der Waals surface area contributed by atoms with E-state index in [0.717, 1.165) is 9.87 Å². The zero-order valence-electron chi connectivity index (χ0n) is 14.3. The Labute approximate surface area is 151 Å². The summed E-state index contributed by atoms with van der Waals surface area (Å²) >= 11 is 0. The molecule has 0 unspecified atom stereocenters. The third kappa shape index (κ3) is 3.03. The number of nitrogens with zero attached hydrogens (tertiary/aromatic N) is 2. The van der Waals surface area contributed by atoms with Gasteiger partial charge in [0.15, 0.2) is 0 Å². The summed E-state index contributed by atoms with van der Waals surface area (Å²) < 4.78 is 27.4. The fourth-order valence-corrected chi connectivity index (χ4v) is 4.34. The van der Waals surface area contributed by atoms with Gasteiger partial charge in [0.25, 0.3) is 5.91 Å². The number of amides is 1. The largest absolute Gasteiger partial charge is 0.478 e. The maximum Gasteiger partial charge on any atom is 0.335 e. The van der Waals surface area contributed by atoms with Crippen molar-refractivity contribution >= 4 is 33.5 Å². The van der Waals surface area contributed by atoms with Gasteiger partial charge in [-0.1, -0.05) is 32.0 Å². The Morgan fingerprint density at radius 1 is 1.08 bits per heavy atom. The number of carboxylic acid groups (broad SMARTS) is 1. The number of hydrogen-bond donors (Lipinski definition) is 1. The van der Waals surface area contributed by atoms with Crippen LogP contribution >= 0.6 is 0 Å². The van der Waals surface area contributed by atoms with Crippen LogP contribution in [0.25, 0.3) is 0 Å². The molecule has 26 heavy (non-hydrogen) atoms. The SMILES string of the molecule is CC(C)c1ccc(N2CC(=O)N(c3cccc(C(=O)O)c3)S2(=O)=O)cc1. The van der Waals surface area contributed by atoms with E-state index in [1.807, 2.05) is 26.0 Å². The highest BCUT2D eigenvalue weighted by molar-refractivity contribution is 7.95. The summed E-state index contributed by atoms with van der Waals surface area (Å²) in [5, 5.41) is 9.09. The molecule has 1 heterocycles. The average molecular weight is 374 g/mol. The van der Waals surface area contributed by atoms with E-state index in [0.29, 0.717) is 15.9 Å². The fraction of sp³-hybridized carbons (Fsp3) is 0.222. The third-order valence-corrected chi connectivity index (χ3v) is 5.96. The molecule has 1 N–H and O–H groups in total. The highest BCUT2D eigenvalue weighted by Crippen LogP contribution is 2.31. The van der Waals surface area contributed by atoms with Crippen LogP contribution in [0.1, 0.15) is 35.7 Å². The number of anilines is 2. The Hall–Kier alpha value is -2.87. The van der Waals surface area contributed by atoms with Gasteiger partial charge < -0.3 is 5.11 Å². The lowest BCUT2D eigenvalue weighted by molar-refractivity contribution is -0.115. The quantitative estimate of drug-likeness (QED) is 0.888. The fourth-order valence-electron chi connectivity index (χ4n) is 2.79. The summed E-state index contributed by atoms with van der Waals surface area (Å²) in [5.41, 5.74) is 1.36. The molecule has 8 heteroatoms. The van der Waals surface area contributed by atoms with E-state index in [-0.39, 0.29) is 17.8 Å².